The fourth-order valence-corrected chi connectivity index (χ4v) is 3.37. The summed E-state index contributed by atoms with van der Waals surface area (Å²) in [7, 11) is -3.30. The lowest BCUT2D eigenvalue weighted by molar-refractivity contribution is 0.369. The molecule has 0 spiro atoms. The van der Waals surface area contributed by atoms with E-state index >= 15 is 0 Å². The Labute approximate surface area is 121 Å². The molecule has 0 fully saturated rings. The molecule has 0 atom stereocenters. The van der Waals surface area contributed by atoms with Gasteiger partial charge in [-0.25, -0.2) is 8.42 Å². The molecule has 1 N–H and O–H groups in total. The third-order valence-electron chi connectivity index (χ3n) is 2.77. The van der Waals surface area contributed by atoms with Crippen molar-refractivity contribution in [3.8, 4) is 0 Å². The SMILES string of the molecule is CC(C)(C)CCNCCS(=O)(=O)c1ccccc1Cl. The molecule has 1 rings (SSSR count). The lowest BCUT2D eigenvalue weighted by Crippen LogP contribution is -2.26. The summed E-state index contributed by atoms with van der Waals surface area (Å²) in [5.74, 6) is 0.0703. The highest BCUT2D eigenvalue weighted by atomic mass is 35.5. The first kappa shape index (κ1) is 16.5. The number of hydrogen-bond donors (Lipinski definition) is 1. The molecule has 5 heteroatoms. The van der Waals surface area contributed by atoms with Crippen LogP contribution in [0.3, 0.4) is 0 Å². The molecule has 3 nitrogen and oxygen atoms in total. The van der Waals surface area contributed by atoms with Crippen LogP contribution in [0.15, 0.2) is 29.2 Å². The standard InChI is InChI=1S/C14H22ClNO2S/c1-14(2,3)8-9-16-10-11-19(17,18)13-7-5-4-6-12(13)15/h4-7,16H,8-11H2,1-3H3. The highest BCUT2D eigenvalue weighted by molar-refractivity contribution is 7.91. The maximum atomic E-state index is 12.1. The number of rotatable bonds is 6. The summed E-state index contributed by atoms with van der Waals surface area (Å²) in [6.45, 7) is 7.75. The highest BCUT2D eigenvalue weighted by Crippen LogP contribution is 2.21. The van der Waals surface area contributed by atoms with Gasteiger partial charge in [0.05, 0.1) is 15.7 Å². The van der Waals surface area contributed by atoms with Crippen LogP contribution in [0.1, 0.15) is 27.2 Å². The summed E-state index contributed by atoms with van der Waals surface area (Å²) in [5, 5.41) is 3.45. The van der Waals surface area contributed by atoms with Crippen molar-refractivity contribution in [2.45, 2.75) is 32.1 Å². The van der Waals surface area contributed by atoms with Crippen molar-refractivity contribution in [2.24, 2.45) is 5.41 Å². The van der Waals surface area contributed by atoms with Gasteiger partial charge in [-0.15, -0.1) is 0 Å². The van der Waals surface area contributed by atoms with E-state index < -0.39 is 9.84 Å². The molecule has 1 aromatic carbocycles. The number of sulfone groups is 1. The molecule has 0 aliphatic carbocycles. The molecular weight excluding hydrogens is 282 g/mol. The minimum absolute atomic E-state index is 0.0703. The van der Waals surface area contributed by atoms with E-state index in [2.05, 4.69) is 26.1 Å². The summed E-state index contributed by atoms with van der Waals surface area (Å²) >= 11 is 5.91. The summed E-state index contributed by atoms with van der Waals surface area (Å²) in [4.78, 5) is 0.217. The summed E-state index contributed by atoms with van der Waals surface area (Å²) in [5.41, 5.74) is 0.259. The normalized spacial score (nSPS) is 12.6. The van der Waals surface area contributed by atoms with Gasteiger partial charge in [0.2, 0.25) is 0 Å². The average molecular weight is 304 g/mol. The van der Waals surface area contributed by atoms with E-state index in [0.717, 1.165) is 13.0 Å². The molecule has 0 bridgehead atoms. The second kappa shape index (κ2) is 6.73. The topological polar surface area (TPSA) is 46.2 Å². The van der Waals surface area contributed by atoms with Gasteiger partial charge in [0.15, 0.2) is 9.84 Å². The minimum atomic E-state index is -3.30. The quantitative estimate of drug-likeness (QED) is 0.821. The van der Waals surface area contributed by atoms with Gasteiger partial charge < -0.3 is 5.32 Å². The van der Waals surface area contributed by atoms with E-state index in [1.54, 1.807) is 24.3 Å². The van der Waals surface area contributed by atoms with Crippen molar-refractivity contribution in [3.05, 3.63) is 29.3 Å². The van der Waals surface area contributed by atoms with E-state index in [0.29, 0.717) is 6.54 Å². The maximum absolute atomic E-state index is 12.1. The fraction of sp³-hybridized carbons (Fsp3) is 0.571. The zero-order chi connectivity index (χ0) is 14.5. The summed E-state index contributed by atoms with van der Waals surface area (Å²) in [6, 6.07) is 6.56. The number of nitrogens with one attached hydrogen (secondary N) is 1. The van der Waals surface area contributed by atoms with E-state index in [9.17, 15) is 8.42 Å². The van der Waals surface area contributed by atoms with Crippen LogP contribution in [-0.2, 0) is 9.84 Å². The van der Waals surface area contributed by atoms with Crippen molar-refractivity contribution >= 4 is 21.4 Å². The third-order valence-corrected chi connectivity index (χ3v) is 4.98. The Balaban J connectivity index is 2.47. The van der Waals surface area contributed by atoms with Crippen molar-refractivity contribution in [1.29, 1.82) is 0 Å². The van der Waals surface area contributed by atoms with Crippen LogP contribution in [0.4, 0.5) is 0 Å². The molecule has 0 unspecified atom stereocenters. The molecule has 0 heterocycles. The number of benzene rings is 1. The van der Waals surface area contributed by atoms with Crippen LogP contribution in [0.2, 0.25) is 5.02 Å². The lowest BCUT2D eigenvalue weighted by atomic mass is 9.92. The molecule has 0 aromatic heterocycles. The largest absolute Gasteiger partial charge is 0.316 e. The van der Waals surface area contributed by atoms with Gasteiger partial charge >= 0.3 is 0 Å². The predicted molar refractivity (Wildman–Crippen MR) is 80.4 cm³/mol. The van der Waals surface area contributed by atoms with Gasteiger partial charge in [-0.05, 0) is 30.5 Å². The van der Waals surface area contributed by atoms with Crippen LogP contribution in [0.5, 0.6) is 0 Å². The van der Waals surface area contributed by atoms with Crippen LogP contribution < -0.4 is 5.32 Å². The lowest BCUT2D eigenvalue weighted by Gasteiger charge is -2.18. The summed E-state index contributed by atoms with van der Waals surface area (Å²) in [6.07, 6.45) is 1.01. The molecule has 0 radical (unpaired) electrons. The Kier molecular flexibility index (Phi) is 5.83. The molecule has 1 aromatic rings. The molecular formula is C14H22ClNO2S. The van der Waals surface area contributed by atoms with E-state index in [-0.39, 0.29) is 21.1 Å². The predicted octanol–water partition coefficient (Wildman–Crippen LogP) is 3.14. The molecule has 108 valence electrons. The minimum Gasteiger partial charge on any atom is -0.316 e. The van der Waals surface area contributed by atoms with Gasteiger partial charge in [0.25, 0.3) is 0 Å². The first-order valence-electron chi connectivity index (χ1n) is 6.40. The highest BCUT2D eigenvalue weighted by Gasteiger charge is 2.17. The first-order valence-corrected chi connectivity index (χ1v) is 8.43. The molecule has 0 aliphatic rings. The van der Waals surface area contributed by atoms with Gasteiger partial charge in [-0.2, -0.15) is 0 Å². The van der Waals surface area contributed by atoms with Gasteiger partial charge in [-0.1, -0.05) is 44.5 Å². The monoisotopic (exact) mass is 303 g/mol. The van der Waals surface area contributed by atoms with Gasteiger partial charge in [0, 0.05) is 6.54 Å². The number of hydrogen-bond acceptors (Lipinski definition) is 3. The van der Waals surface area contributed by atoms with E-state index in [4.69, 9.17) is 11.6 Å². The Bertz CT molecular complexity index is 506. The van der Waals surface area contributed by atoms with E-state index in [1.807, 2.05) is 0 Å². The van der Waals surface area contributed by atoms with Gasteiger partial charge in [0.1, 0.15) is 0 Å². The Morgan fingerprint density at radius 1 is 1.16 bits per heavy atom. The molecule has 0 saturated carbocycles. The smallest absolute Gasteiger partial charge is 0.181 e. The maximum Gasteiger partial charge on any atom is 0.181 e. The van der Waals surface area contributed by atoms with E-state index in [1.165, 1.54) is 0 Å². The van der Waals surface area contributed by atoms with Crippen LogP contribution >= 0.6 is 11.6 Å². The number of halogens is 1. The van der Waals surface area contributed by atoms with Gasteiger partial charge in [-0.3, -0.25) is 0 Å². The summed E-state index contributed by atoms with van der Waals surface area (Å²) < 4.78 is 24.2. The van der Waals surface area contributed by atoms with Crippen LogP contribution in [0.25, 0.3) is 0 Å². The zero-order valence-electron chi connectivity index (χ0n) is 11.7. The van der Waals surface area contributed by atoms with Crippen molar-refractivity contribution < 1.29 is 8.42 Å². The first-order chi connectivity index (χ1) is 8.72. The van der Waals surface area contributed by atoms with Crippen LogP contribution in [0, 0.1) is 5.41 Å². The molecule has 0 saturated heterocycles. The molecule has 0 aliphatic heterocycles. The molecule has 19 heavy (non-hydrogen) atoms. The van der Waals surface area contributed by atoms with Crippen molar-refractivity contribution in [3.63, 3.8) is 0 Å². The third kappa shape index (κ3) is 5.93. The Morgan fingerprint density at radius 3 is 2.37 bits per heavy atom. The van der Waals surface area contributed by atoms with Crippen molar-refractivity contribution in [2.75, 3.05) is 18.8 Å². The second-order valence-electron chi connectivity index (χ2n) is 5.81. The fourth-order valence-electron chi connectivity index (χ4n) is 1.60. The Morgan fingerprint density at radius 2 is 1.79 bits per heavy atom. The molecule has 0 amide bonds. The van der Waals surface area contributed by atoms with Crippen molar-refractivity contribution in [1.82, 2.24) is 5.32 Å². The van der Waals surface area contributed by atoms with Crippen LogP contribution in [-0.4, -0.2) is 27.3 Å². The second-order valence-corrected chi connectivity index (χ2v) is 8.29. The Hall–Kier alpha value is -0.580. The average Bonchev–Trinajstić information content (AvgIpc) is 2.27. The zero-order valence-corrected chi connectivity index (χ0v) is 13.3.